The molecule has 0 aliphatic heterocycles. The molecule has 0 unspecified atom stereocenters. The van der Waals surface area contributed by atoms with Crippen LogP contribution in [-0.2, 0) is 6.54 Å². The first-order chi connectivity index (χ1) is 9.06. The summed E-state index contributed by atoms with van der Waals surface area (Å²) in [6, 6.07) is 11.5. The minimum Gasteiger partial charge on any atom is -0.379 e. The van der Waals surface area contributed by atoms with Gasteiger partial charge in [-0.1, -0.05) is 12.1 Å². The van der Waals surface area contributed by atoms with Crippen LogP contribution in [0.5, 0.6) is 0 Å². The number of nitrogens with one attached hydrogen (secondary N) is 1. The highest BCUT2D eigenvalue weighted by Crippen LogP contribution is 2.17. The lowest BCUT2D eigenvalue weighted by Gasteiger charge is -2.13. The molecule has 0 heterocycles. The molecule has 0 fully saturated rings. The minimum absolute atomic E-state index is 0.304. The van der Waals surface area contributed by atoms with Crippen molar-refractivity contribution in [2.45, 2.75) is 6.54 Å². The lowest BCUT2D eigenvalue weighted by molar-refractivity contribution is 0.585. The van der Waals surface area contributed by atoms with Crippen LogP contribution in [-0.4, -0.2) is 14.1 Å². The first-order valence-electron chi connectivity index (χ1n) is 6.01. The molecule has 0 bridgehead atoms. The van der Waals surface area contributed by atoms with E-state index in [2.05, 4.69) is 5.32 Å². The summed E-state index contributed by atoms with van der Waals surface area (Å²) in [4.78, 5) is 2.01. The summed E-state index contributed by atoms with van der Waals surface area (Å²) in [7, 11) is 3.95. The second kappa shape index (κ2) is 5.69. The highest BCUT2D eigenvalue weighted by atomic mass is 19.1. The third kappa shape index (κ3) is 3.44. The van der Waals surface area contributed by atoms with Crippen LogP contribution in [0.4, 0.5) is 20.2 Å². The molecule has 0 saturated heterocycles. The van der Waals surface area contributed by atoms with Gasteiger partial charge < -0.3 is 10.2 Å². The Balaban J connectivity index is 2.02. The fourth-order valence-electron chi connectivity index (χ4n) is 1.74. The number of benzene rings is 2. The average molecular weight is 262 g/mol. The van der Waals surface area contributed by atoms with Crippen LogP contribution in [0.15, 0.2) is 42.5 Å². The van der Waals surface area contributed by atoms with Crippen molar-refractivity contribution in [1.29, 1.82) is 0 Å². The van der Waals surface area contributed by atoms with Gasteiger partial charge in [0.2, 0.25) is 0 Å². The van der Waals surface area contributed by atoms with E-state index in [0.29, 0.717) is 12.2 Å². The van der Waals surface area contributed by atoms with Gasteiger partial charge in [-0.25, -0.2) is 8.78 Å². The highest BCUT2D eigenvalue weighted by Gasteiger charge is 2.03. The summed E-state index contributed by atoms with van der Waals surface area (Å²) in [6.07, 6.45) is 0. The largest absolute Gasteiger partial charge is 0.379 e. The molecule has 2 nitrogen and oxygen atoms in total. The van der Waals surface area contributed by atoms with E-state index in [9.17, 15) is 8.78 Å². The van der Waals surface area contributed by atoms with Crippen LogP contribution in [0.1, 0.15) is 5.56 Å². The molecule has 0 saturated carbocycles. The Morgan fingerprint density at radius 1 is 1.00 bits per heavy atom. The molecule has 0 aromatic heterocycles. The number of nitrogens with zero attached hydrogens (tertiary/aromatic N) is 1. The molecule has 2 aromatic rings. The molecule has 19 heavy (non-hydrogen) atoms. The number of hydrogen-bond acceptors (Lipinski definition) is 2. The molecular weight excluding hydrogens is 246 g/mol. The van der Waals surface area contributed by atoms with Crippen LogP contribution < -0.4 is 10.2 Å². The molecule has 0 aliphatic rings. The third-order valence-electron chi connectivity index (χ3n) is 2.87. The van der Waals surface area contributed by atoms with Crippen LogP contribution in [0.25, 0.3) is 0 Å². The summed E-state index contributed by atoms with van der Waals surface area (Å²) in [6.45, 7) is 0.496. The van der Waals surface area contributed by atoms with Gasteiger partial charge >= 0.3 is 0 Å². The van der Waals surface area contributed by atoms with E-state index in [4.69, 9.17) is 0 Å². The molecule has 1 N–H and O–H groups in total. The summed E-state index contributed by atoms with van der Waals surface area (Å²) < 4.78 is 26.2. The van der Waals surface area contributed by atoms with E-state index in [1.165, 1.54) is 12.1 Å². The standard InChI is InChI=1S/C15H16F2N2/c1-19(2)13-6-3-11(4-7-13)10-18-15-8-5-12(16)9-14(15)17/h3-9,18H,10H2,1-2H3. The Labute approximate surface area is 111 Å². The highest BCUT2D eigenvalue weighted by molar-refractivity contribution is 5.48. The Kier molecular flexibility index (Phi) is 4.00. The van der Waals surface area contributed by atoms with Crippen molar-refractivity contribution < 1.29 is 8.78 Å². The zero-order chi connectivity index (χ0) is 13.8. The fourth-order valence-corrected chi connectivity index (χ4v) is 1.74. The number of hydrogen-bond donors (Lipinski definition) is 1. The van der Waals surface area contributed by atoms with E-state index in [-0.39, 0.29) is 0 Å². The van der Waals surface area contributed by atoms with Crippen molar-refractivity contribution >= 4 is 11.4 Å². The van der Waals surface area contributed by atoms with Gasteiger partial charge in [0, 0.05) is 32.4 Å². The number of anilines is 2. The Bertz CT molecular complexity index is 551. The van der Waals surface area contributed by atoms with Gasteiger partial charge in [0.15, 0.2) is 0 Å². The maximum Gasteiger partial charge on any atom is 0.149 e. The SMILES string of the molecule is CN(C)c1ccc(CNc2ccc(F)cc2F)cc1. The van der Waals surface area contributed by atoms with Crippen molar-refractivity contribution in [2.24, 2.45) is 0 Å². The van der Waals surface area contributed by atoms with E-state index in [0.717, 1.165) is 17.3 Å². The van der Waals surface area contributed by atoms with Crippen molar-refractivity contribution in [2.75, 3.05) is 24.3 Å². The average Bonchev–Trinajstić information content (AvgIpc) is 2.38. The molecule has 2 rings (SSSR count). The van der Waals surface area contributed by atoms with E-state index >= 15 is 0 Å². The summed E-state index contributed by atoms with van der Waals surface area (Å²) >= 11 is 0. The molecule has 0 spiro atoms. The van der Waals surface area contributed by atoms with Crippen molar-refractivity contribution in [3.05, 3.63) is 59.7 Å². The van der Waals surface area contributed by atoms with Gasteiger partial charge in [-0.2, -0.15) is 0 Å². The molecule has 0 aliphatic carbocycles. The maximum absolute atomic E-state index is 13.4. The molecule has 4 heteroatoms. The van der Waals surface area contributed by atoms with E-state index in [1.807, 2.05) is 43.3 Å². The summed E-state index contributed by atoms with van der Waals surface area (Å²) in [5, 5.41) is 2.95. The van der Waals surface area contributed by atoms with Gasteiger partial charge in [0.1, 0.15) is 11.6 Å². The third-order valence-corrected chi connectivity index (χ3v) is 2.87. The van der Waals surface area contributed by atoms with Crippen LogP contribution in [0, 0.1) is 11.6 Å². The lowest BCUT2D eigenvalue weighted by atomic mass is 10.2. The fraction of sp³-hybridized carbons (Fsp3) is 0.200. The minimum atomic E-state index is -0.579. The Hall–Kier alpha value is -2.10. The van der Waals surface area contributed by atoms with Gasteiger partial charge in [-0.05, 0) is 29.8 Å². The first kappa shape index (κ1) is 13.3. The summed E-state index contributed by atoms with van der Waals surface area (Å²) in [5.74, 6) is -1.15. The van der Waals surface area contributed by atoms with E-state index < -0.39 is 11.6 Å². The van der Waals surface area contributed by atoms with Crippen molar-refractivity contribution in [3.8, 4) is 0 Å². The monoisotopic (exact) mass is 262 g/mol. The first-order valence-corrected chi connectivity index (χ1v) is 6.01. The summed E-state index contributed by atoms with van der Waals surface area (Å²) in [5.41, 5.74) is 2.45. The maximum atomic E-state index is 13.4. The molecular formula is C15H16F2N2. The molecule has 2 aromatic carbocycles. The molecule has 100 valence electrons. The zero-order valence-electron chi connectivity index (χ0n) is 11.0. The van der Waals surface area contributed by atoms with Gasteiger partial charge in [-0.15, -0.1) is 0 Å². The zero-order valence-corrected chi connectivity index (χ0v) is 11.0. The second-order valence-electron chi connectivity index (χ2n) is 4.54. The number of rotatable bonds is 4. The Morgan fingerprint density at radius 3 is 2.26 bits per heavy atom. The van der Waals surface area contributed by atoms with Crippen LogP contribution in [0.2, 0.25) is 0 Å². The second-order valence-corrected chi connectivity index (χ2v) is 4.54. The van der Waals surface area contributed by atoms with Crippen LogP contribution >= 0.6 is 0 Å². The predicted octanol–water partition coefficient (Wildman–Crippen LogP) is 3.64. The predicted molar refractivity (Wildman–Crippen MR) is 74.5 cm³/mol. The van der Waals surface area contributed by atoms with Gasteiger partial charge in [0.05, 0.1) is 5.69 Å². The molecule has 0 radical (unpaired) electrons. The molecule has 0 amide bonds. The Morgan fingerprint density at radius 2 is 1.68 bits per heavy atom. The van der Waals surface area contributed by atoms with Gasteiger partial charge in [0.25, 0.3) is 0 Å². The molecule has 0 atom stereocenters. The number of halogens is 2. The van der Waals surface area contributed by atoms with Crippen LogP contribution in [0.3, 0.4) is 0 Å². The van der Waals surface area contributed by atoms with Crippen molar-refractivity contribution in [3.63, 3.8) is 0 Å². The van der Waals surface area contributed by atoms with Crippen molar-refractivity contribution in [1.82, 2.24) is 0 Å². The van der Waals surface area contributed by atoms with Gasteiger partial charge in [-0.3, -0.25) is 0 Å². The normalized spacial score (nSPS) is 10.3. The van der Waals surface area contributed by atoms with E-state index in [1.54, 1.807) is 0 Å². The smallest absolute Gasteiger partial charge is 0.149 e. The topological polar surface area (TPSA) is 15.3 Å². The quantitative estimate of drug-likeness (QED) is 0.905. The lowest BCUT2D eigenvalue weighted by Crippen LogP contribution is -2.08.